The Hall–Kier alpha value is -2.31. The zero-order valence-corrected chi connectivity index (χ0v) is 19.2. The van der Waals surface area contributed by atoms with Crippen molar-refractivity contribution in [1.82, 2.24) is 9.78 Å². The van der Waals surface area contributed by atoms with Gasteiger partial charge in [-0.2, -0.15) is 5.10 Å². The molecule has 0 spiro atoms. The summed E-state index contributed by atoms with van der Waals surface area (Å²) in [4.78, 5) is 0.336. The van der Waals surface area contributed by atoms with Crippen LogP contribution < -0.4 is 4.72 Å². The second-order valence-electron chi connectivity index (χ2n) is 7.51. The van der Waals surface area contributed by atoms with Gasteiger partial charge in [-0.15, -0.1) is 0 Å². The number of aryl methyl sites for hydroxylation is 1. The topological polar surface area (TPSA) is 64.0 Å². The fourth-order valence-corrected chi connectivity index (χ4v) is 5.26. The third-order valence-electron chi connectivity index (χ3n) is 5.67. The van der Waals surface area contributed by atoms with E-state index in [1.807, 2.05) is 65.8 Å². The number of benzene rings is 2. The lowest BCUT2D eigenvalue weighted by atomic mass is 9.95. The highest BCUT2D eigenvalue weighted by Crippen LogP contribution is 2.30. The molecule has 0 aliphatic rings. The van der Waals surface area contributed by atoms with Crippen LogP contribution in [0, 0.1) is 41.5 Å². The summed E-state index contributed by atoms with van der Waals surface area (Å²) < 4.78 is 30.8. The average Bonchev–Trinajstić information content (AvgIpc) is 2.98. The lowest BCUT2D eigenvalue weighted by molar-refractivity contribution is 0.599. The van der Waals surface area contributed by atoms with Crippen molar-refractivity contribution in [2.45, 2.75) is 53.0 Å². The minimum absolute atomic E-state index is 0.311. The maximum absolute atomic E-state index is 13.2. The van der Waals surface area contributed by atoms with Crippen LogP contribution in [-0.2, 0) is 16.6 Å². The third kappa shape index (κ3) is 4.19. The summed E-state index contributed by atoms with van der Waals surface area (Å²) in [7, 11) is -3.76. The SMILES string of the molecule is Cc1c(C)c(C)c(S(=O)(=O)Nc2cc(C)n(Cc3ccc(Cl)cc3)n2)c(C)c1C. The summed E-state index contributed by atoms with van der Waals surface area (Å²) in [6.07, 6.45) is 0. The first kappa shape index (κ1) is 21.4. The van der Waals surface area contributed by atoms with Gasteiger partial charge in [0.2, 0.25) is 0 Å². The number of sulfonamides is 1. The van der Waals surface area contributed by atoms with Gasteiger partial charge in [-0.05, 0) is 87.1 Å². The van der Waals surface area contributed by atoms with Gasteiger partial charge in [-0.3, -0.25) is 9.40 Å². The lowest BCUT2D eigenvalue weighted by Gasteiger charge is -2.18. The van der Waals surface area contributed by atoms with E-state index in [4.69, 9.17) is 11.6 Å². The molecule has 0 amide bonds. The molecule has 7 heteroatoms. The summed E-state index contributed by atoms with van der Waals surface area (Å²) in [5, 5.41) is 5.13. The molecule has 0 fully saturated rings. The largest absolute Gasteiger partial charge is 0.263 e. The number of aromatic nitrogens is 2. The van der Waals surface area contributed by atoms with Crippen LogP contribution >= 0.6 is 11.6 Å². The molecule has 0 saturated heterocycles. The summed E-state index contributed by atoms with van der Waals surface area (Å²) in [5.41, 5.74) is 6.57. The predicted octanol–water partition coefficient (Wildman–Crippen LogP) is 5.24. The van der Waals surface area contributed by atoms with E-state index >= 15 is 0 Å². The van der Waals surface area contributed by atoms with E-state index < -0.39 is 10.0 Å². The minimum Gasteiger partial charge on any atom is -0.263 e. The molecule has 0 atom stereocenters. The van der Waals surface area contributed by atoms with Crippen LogP contribution in [0.1, 0.15) is 39.1 Å². The molecule has 0 radical (unpaired) electrons. The molecule has 29 heavy (non-hydrogen) atoms. The average molecular weight is 432 g/mol. The first-order valence-electron chi connectivity index (χ1n) is 9.40. The zero-order valence-electron chi connectivity index (χ0n) is 17.6. The lowest BCUT2D eigenvalue weighted by Crippen LogP contribution is -2.18. The Morgan fingerprint density at radius 3 is 1.97 bits per heavy atom. The normalized spacial score (nSPS) is 11.7. The van der Waals surface area contributed by atoms with Crippen LogP contribution in [0.5, 0.6) is 0 Å². The Labute approximate surface area is 177 Å². The smallest absolute Gasteiger partial charge is 0.263 e. The summed E-state index contributed by atoms with van der Waals surface area (Å²) in [6.45, 7) is 12.1. The second-order valence-corrected chi connectivity index (χ2v) is 9.57. The first-order chi connectivity index (χ1) is 13.5. The van der Waals surface area contributed by atoms with Crippen molar-refractivity contribution in [2.75, 3.05) is 4.72 Å². The quantitative estimate of drug-likeness (QED) is 0.601. The molecular weight excluding hydrogens is 406 g/mol. The molecule has 1 N–H and O–H groups in total. The van der Waals surface area contributed by atoms with Gasteiger partial charge in [0.1, 0.15) is 0 Å². The van der Waals surface area contributed by atoms with E-state index in [1.54, 1.807) is 10.7 Å². The number of rotatable bonds is 5. The molecule has 5 nitrogen and oxygen atoms in total. The van der Waals surface area contributed by atoms with Gasteiger partial charge < -0.3 is 0 Å². The van der Waals surface area contributed by atoms with Gasteiger partial charge >= 0.3 is 0 Å². The highest BCUT2D eigenvalue weighted by Gasteiger charge is 2.24. The van der Waals surface area contributed by atoms with Crippen molar-refractivity contribution >= 4 is 27.4 Å². The maximum atomic E-state index is 13.2. The summed E-state index contributed by atoms with van der Waals surface area (Å²) in [5.74, 6) is 0.311. The Morgan fingerprint density at radius 2 is 1.41 bits per heavy atom. The summed E-state index contributed by atoms with van der Waals surface area (Å²) in [6, 6.07) is 9.25. The molecule has 1 aromatic heterocycles. The van der Waals surface area contributed by atoms with Gasteiger partial charge in [0, 0.05) is 16.8 Å². The van der Waals surface area contributed by atoms with Crippen LogP contribution in [0.3, 0.4) is 0 Å². The second kappa shape index (κ2) is 7.84. The molecule has 154 valence electrons. The Morgan fingerprint density at radius 1 is 0.897 bits per heavy atom. The monoisotopic (exact) mass is 431 g/mol. The van der Waals surface area contributed by atoms with Crippen LogP contribution in [0.2, 0.25) is 5.02 Å². The van der Waals surface area contributed by atoms with Gasteiger partial charge in [0.05, 0.1) is 11.4 Å². The number of anilines is 1. The van der Waals surface area contributed by atoms with Crippen molar-refractivity contribution in [2.24, 2.45) is 0 Å². The van der Waals surface area contributed by atoms with Crippen molar-refractivity contribution in [1.29, 1.82) is 0 Å². The highest BCUT2D eigenvalue weighted by atomic mass is 35.5. The van der Waals surface area contributed by atoms with Gasteiger partial charge in [0.15, 0.2) is 5.82 Å². The molecule has 0 bridgehead atoms. The van der Waals surface area contributed by atoms with Gasteiger partial charge in [-0.25, -0.2) is 8.42 Å². The fourth-order valence-electron chi connectivity index (χ4n) is 3.54. The Bertz CT molecular complexity index is 1150. The first-order valence-corrected chi connectivity index (χ1v) is 11.3. The third-order valence-corrected chi connectivity index (χ3v) is 7.55. The van der Waals surface area contributed by atoms with Gasteiger partial charge in [-0.1, -0.05) is 23.7 Å². The number of nitrogens with one attached hydrogen (secondary N) is 1. The number of hydrogen-bond donors (Lipinski definition) is 1. The molecule has 0 aliphatic carbocycles. The Kier molecular flexibility index (Phi) is 5.79. The van der Waals surface area contributed by atoms with Gasteiger partial charge in [0.25, 0.3) is 10.0 Å². The Balaban J connectivity index is 1.94. The maximum Gasteiger partial charge on any atom is 0.263 e. The van der Waals surface area contributed by atoms with E-state index in [9.17, 15) is 8.42 Å². The number of halogens is 1. The molecule has 1 heterocycles. The molecule has 0 unspecified atom stereocenters. The van der Waals surface area contributed by atoms with Crippen molar-refractivity contribution in [3.8, 4) is 0 Å². The molecule has 3 rings (SSSR count). The molecule has 2 aromatic carbocycles. The van der Waals surface area contributed by atoms with Crippen molar-refractivity contribution < 1.29 is 8.42 Å². The van der Waals surface area contributed by atoms with Crippen molar-refractivity contribution in [3.05, 3.63) is 74.4 Å². The number of hydrogen-bond acceptors (Lipinski definition) is 3. The van der Waals surface area contributed by atoms with Crippen LogP contribution in [-0.4, -0.2) is 18.2 Å². The van der Waals surface area contributed by atoms with E-state index in [0.29, 0.717) is 22.3 Å². The highest BCUT2D eigenvalue weighted by molar-refractivity contribution is 7.92. The van der Waals surface area contributed by atoms with Crippen molar-refractivity contribution in [3.63, 3.8) is 0 Å². The fraction of sp³-hybridized carbons (Fsp3) is 0.318. The summed E-state index contributed by atoms with van der Waals surface area (Å²) >= 11 is 5.94. The van der Waals surface area contributed by atoms with E-state index in [1.165, 1.54) is 0 Å². The zero-order chi connectivity index (χ0) is 21.5. The number of nitrogens with zero attached hydrogens (tertiary/aromatic N) is 2. The molecule has 0 aliphatic heterocycles. The van der Waals surface area contributed by atoms with Crippen LogP contribution in [0.15, 0.2) is 35.2 Å². The minimum atomic E-state index is -3.76. The standard InChI is InChI=1S/C22H26ClN3O2S/c1-13-11-21(24-26(13)12-19-7-9-20(23)10-8-19)25-29(27,28)22-17(5)15(3)14(2)16(4)18(22)6/h7-11H,12H2,1-6H3,(H,24,25). The molecule has 0 saturated carbocycles. The van der Waals surface area contributed by atoms with E-state index in [0.717, 1.165) is 39.1 Å². The van der Waals surface area contributed by atoms with Crippen LogP contribution in [0.4, 0.5) is 5.82 Å². The van der Waals surface area contributed by atoms with E-state index in [-0.39, 0.29) is 0 Å². The predicted molar refractivity (Wildman–Crippen MR) is 118 cm³/mol. The molecular formula is C22H26ClN3O2S. The van der Waals surface area contributed by atoms with Crippen LogP contribution in [0.25, 0.3) is 0 Å². The molecule has 3 aromatic rings. The van der Waals surface area contributed by atoms with E-state index in [2.05, 4.69) is 9.82 Å².